The van der Waals surface area contributed by atoms with E-state index in [0.29, 0.717) is 25.0 Å². The fraction of sp³-hybridized carbons (Fsp3) is 0.318. The summed E-state index contributed by atoms with van der Waals surface area (Å²) in [5.74, 6) is -2.61. The quantitative estimate of drug-likeness (QED) is 0.630. The summed E-state index contributed by atoms with van der Waals surface area (Å²) in [6.45, 7) is 0.439. The number of primary amides is 1. The second kappa shape index (κ2) is 9.35. The van der Waals surface area contributed by atoms with Gasteiger partial charge in [-0.3, -0.25) is 14.4 Å². The van der Waals surface area contributed by atoms with Gasteiger partial charge in [-0.25, -0.2) is 0 Å². The molecule has 2 aromatic carbocycles. The van der Waals surface area contributed by atoms with Gasteiger partial charge in [0, 0.05) is 24.6 Å². The lowest BCUT2D eigenvalue weighted by atomic mass is 9.95. The minimum absolute atomic E-state index is 0.00334. The average molecular weight is 487 g/mol. The predicted molar refractivity (Wildman–Crippen MR) is 109 cm³/mol. The number of hydrogen-bond acceptors (Lipinski definition) is 3. The van der Waals surface area contributed by atoms with Crippen molar-refractivity contribution in [2.45, 2.75) is 25.2 Å². The van der Waals surface area contributed by atoms with Gasteiger partial charge in [-0.15, -0.1) is 0 Å². The molecule has 3 N–H and O–H groups in total. The van der Waals surface area contributed by atoms with E-state index in [0.717, 1.165) is 0 Å². The van der Waals surface area contributed by atoms with Gasteiger partial charge >= 0.3 is 12.4 Å². The maximum Gasteiger partial charge on any atom is 0.416 e. The fourth-order valence-electron chi connectivity index (χ4n) is 3.60. The van der Waals surface area contributed by atoms with Gasteiger partial charge in [0.15, 0.2) is 0 Å². The van der Waals surface area contributed by atoms with Crippen molar-refractivity contribution in [2.75, 3.05) is 18.4 Å². The fourth-order valence-corrected chi connectivity index (χ4v) is 3.60. The van der Waals surface area contributed by atoms with Crippen molar-refractivity contribution in [2.24, 2.45) is 11.7 Å². The molecule has 6 nitrogen and oxygen atoms in total. The number of hydrogen-bond donors (Lipinski definition) is 2. The summed E-state index contributed by atoms with van der Waals surface area (Å²) in [6.07, 6.45) is -9.53. The molecular formula is C22H19F6N3O3. The van der Waals surface area contributed by atoms with Crippen LogP contribution in [0.1, 0.15) is 44.7 Å². The number of halogens is 6. The van der Waals surface area contributed by atoms with E-state index in [2.05, 4.69) is 5.32 Å². The van der Waals surface area contributed by atoms with E-state index >= 15 is 0 Å². The smallest absolute Gasteiger partial charge is 0.369 e. The van der Waals surface area contributed by atoms with Crippen molar-refractivity contribution in [3.8, 4) is 0 Å². The van der Waals surface area contributed by atoms with Crippen molar-refractivity contribution >= 4 is 23.4 Å². The Balaban J connectivity index is 1.87. The van der Waals surface area contributed by atoms with Crippen molar-refractivity contribution < 1.29 is 40.7 Å². The van der Waals surface area contributed by atoms with E-state index < -0.39 is 46.8 Å². The molecule has 3 rings (SSSR count). The van der Waals surface area contributed by atoms with E-state index in [-0.39, 0.29) is 36.3 Å². The van der Waals surface area contributed by atoms with Gasteiger partial charge in [-0.2, -0.15) is 26.3 Å². The van der Waals surface area contributed by atoms with Crippen LogP contribution in [0.2, 0.25) is 0 Å². The summed E-state index contributed by atoms with van der Waals surface area (Å²) in [6, 6.07) is 6.15. The van der Waals surface area contributed by atoms with Gasteiger partial charge in [0.1, 0.15) is 0 Å². The molecule has 1 aliphatic heterocycles. The Morgan fingerprint density at radius 2 is 1.41 bits per heavy atom. The number of nitrogens with zero attached hydrogens (tertiary/aromatic N) is 1. The number of carbonyl (C=O) groups is 3. The van der Waals surface area contributed by atoms with Crippen LogP contribution in [0, 0.1) is 5.92 Å². The largest absolute Gasteiger partial charge is 0.416 e. The van der Waals surface area contributed by atoms with Gasteiger partial charge < -0.3 is 16.0 Å². The van der Waals surface area contributed by atoms with Crippen molar-refractivity contribution in [1.82, 2.24) is 4.90 Å². The molecule has 0 aromatic heterocycles. The molecule has 0 atom stereocenters. The summed E-state index contributed by atoms with van der Waals surface area (Å²) in [4.78, 5) is 38.3. The lowest BCUT2D eigenvalue weighted by Crippen LogP contribution is -2.42. The minimum atomic E-state index is -5.11. The van der Waals surface area contributed by atoms with Crippen LogP contribution in [0.15, 0.2) is 42.5 Å². The minimum Gasteiger partial charge on any atom is -0.369 e. The molecule has 182 valence electrons. The molecule has 1 aliphatic rings. The number of rotatable bonds is 4. The molecule has 1 saturated heterocycles. The first-order valence-electron chi connectivity index (χ1n) is 10.1. The lowest BCUT2D eigenvalue weighted by Gasteiger charge is -2.31. The third-order valence-electron chi connectivity index (χ3n) is 5.44. The average Bonchev–Trinajstić information content (AvgIpc) is 2.77. The van der Waals surface area contributed by atoms with E-state index in [1.54, 1.807) is 0 Å². The molecule has 2 aromatic rings. The van der Waals surface area contributed by atoms with Crippen LogP contribution in [0.25, 0.3) is 0 Å². The van der Waals surface area contributed by atoms with Crippen LogP contribution in [0.4, 0.5) is 32.0 Å². The van der Waals surface area contributed by atoms with E-state index in [1.807, 2.05) is 0 Å². The number of anilines is 1. The van der Waals surface area contributed by atoms with Crippen molar-refractivity contribution in [1.29, 1.82) is 0 Å². The molecule has 0 bridgehead atoms. The molecule has 0 spiro atoms. The first-order chi connectivity index (χ1) is 15.8. The van der Waals surface area contributed by atoms with E-state index in [4.69, 9.17) is 5.73 Å². The predicted octanol–water partition coefficient (Wildman–Crippen LogP) is 4.31. The Hall–Kier alpha value is -3.57. The van der Waals surface area contributed by atoms with Gasteiger partial charge in [0.2, 0.25) is 5.91 Å². The maximum absolute atomic E-state index is 13.1. The number of para-hydroxylation sites is 1. The molecule has 0 unspecified atom stereocenters. The van der Waals surface area contributed by atoms with Crippen LogP contribution in [-0.4, -0.2) is 35.7 Å². The Morgan fingerprint density at radius 1 is 0.882 bits per heavy atom. The molecule has 0 saturated carbocycles. The standard InChI is InChI=1S/C22H19F6N3O3/c23-21(24,25)14-9-13(10-15(11-14)22(26,27)28)19(33)30-17-4-2-1-3-16(17)20(34)31-7-5-12(6-8-31)18(29)32/h1-4,9-12H,5-8H2,(H2,29,32)(H,30,33). The maximum atomic E-state index is 13.1. The number of benzene rings is 2. The summed E-state index contributed by atoms with van der Waals surface area (Å²) in [7, 11) is 0. The summed E-state index contributed by atoms with van der Waals surface area (Å²) < 4.78 is 78.6. The molecule has 0 radical (unpaired) electrons. The van der Waals surface area contributed by atoms with Gasteiger partial charge in [0.05, 0.1) is 22.4 Å². The number of likely N-dealkylation sites (tertiary alicyclic amines) is 1. The van der Waals surface area contributed by atoms with Gasteiger partial charge in [-0.05, 0) is 43.2 Å². The van der Waals surface area contributed by atoms with E-state index in [9.17, 15) is 40.7 Å². The van der Waals surface area contributed by atoms with Crippen molar-refractivity contribution in [3.05, 3.63) is 64.7 Å². The monoisotopic (exact) mass is 487 g/mol. The zero-order valence-corrected chi connectivity index (χ0v) is 17.5. The normalized spacial score (nSPS) is 15.2. The number of carbonyl (C=O) groups excluding carboxylic acids is 3. The van der Waals surface area contributed by atoms with Crippen LogP contribution >= 0.6 is 0 Å². The van der Waals surface area contributed by atoms with E-state index in [1.165, 1.54) is 29.2 Å². The van der Waals surface area contributed by atoms with Crippen molar-refractivity contribution in [3.63, 3.8) is 0 Å². The van der Waals surface area contributed by atoms with Crippen LogP contribution < -0.4 is 11.1 Å². The highest BCUT2D eigenvalue weighted by Gasteiger charge is 2.37. The second-order valence-corrected chi connectivity index (χ2v) is 7.76. The number of nitrogens with one attached hydrogen (secondary N) is 1. The number of nitrogens with two attached hydrogens (primary N) is 1. The highest BCUT2D eigenvalue weighted by molar-refractivity contribution is 6.09. The highest BCUT2D eigenvalue weighted by atomic mass is 19.4. The Labute approximate surface area is 189 Å². The summed E-state index contributed by atoms with van der Waals surface area (Å²) in [5.41, 5.74) is 1.06. The zero-order valence-electron chi connectivity index (χ0n) is 17.5. The Morgan fingerprint density at radius 3 is 1.91 bits per heavy atom. The molecule has 3 amide bonds. The van der Waals surface area contributed by atoms with Crippen LogP contribution in [0.5, 0.6) is 0 Å². The first-order valence-corrected chi connectivity index (χ1v) is 10.1. The lowest BCUT2D eigenvalue weighted by molar-refractivity contribution is -0.143. The van der Waals surface area contributed by atoms with Gasteiger partial charge in [-0.1, -0.05) is 12.1 Å². The third-order valence-corrected chi connectivity index (χ3v) is 5.44. The summed E-state index contributed by atoms with van der Waals surface area (Å²) in [5, 5.41) is 2.24. The highest BCUT2D eigenvalue weighted by Crippen LogP contribution is 2.36. The Bertz CT molecular complexity index is 1070. The second-order valence-electron chi connectivity index (χ2n) is 7.76. The number of piperidine rings is 1. The topological polar surface area (TPSA) is 92.5 Å². The van der Waals surface area contributed by atoms with Crippen LogP contribution in [0.3, 0.4) is 0 Å². The molecule has 0 aliphatic carbocycles. The zero-order chi connectivity index (χ0) is 25.3. The van der Waals surface area contributed by atoms with Crippen LogP contribution in [-0.2, 0) is 17.1 Å². The molecule has 1 heterocycles. The molecular weight excluding hydrogens is 468 g/mol. The SMILES string of the molecule is NC(=O)C1CCN(C(=O)c2ccccc2NC(=O)c2cc(C(F)(F)F)cc(C(F)(F)F)c2)CC1. The Kier molecular flexibility index (Phi) is 6.89. The third kappa shape index (κ3) is 5.67. The first kappa shape index (κ1) is 25.1. The van der Waals surface area contributed by atoms with Gasteiger partial charge in [0.25, 0.3) is 11.8 Å². The molecule has 12 heteroatoms. The molecule has 34 heavy (non-hydrogen) atoms. The number of alkyl halides is 6. The number of amides is 3. The molecule has 1 fully saturated rings. The summed E-state index contributed by atoms with van der Waals surface area (Å²) >= 11 is 0.